The quantitative estimate of drug-likeness (QED) is 0.835. The van der Waals surface area contributed by atoms with Crippen LogP contribution >= 0.6 is 27.5 Å². The molecule has 0 fully saturated rings. The van der Waals surface area contributed by atoms with E-state index in [2.05, 4.69) is 21.2 Å². The lowest BCUT2D eigenvalue weighted by Gasteiger charge is -2.26. The zero-order valence-electron chi connectivity index (χ0n) is 11.2. The Labute approximate surface area is 131 Å². The van der Waals surface area contributed by atoms with Crippen LogP contribution in [0.3, 0.4) is 0 Å². The van der Waals surface area contributed by atoms with E-state index in [-0.39, 0.29) is 25.0 Å². The number of benzene rings is 1. The minimum atomic E-state index is -0.941. The molecule has 0 atom stereocenters. The molecule has 0 aliphatic rings. The Balaban J connectivity index is 2.80. The van der Waals surface area contributed by atoms with E-state index in [0.29, 0.717) is 10.7 Å². The van der Waals surface area contributed by atoms with E-state index in [1.165, 1.54) is 4.90 Å². The summed E-state index contributed by atoms with van der Waals surface area (Å²) in [5.74, 6) is -0.941. The van der Waals surface area contributed by atoms with E-state index in [4.69, 9.17) is 16.7 Å². The van der Waals surface area contributed by atoms with Gasteiger partial charge in [0.2, 0.25) is 0 Å². The lowest BCUT2D eigenvalue weighted by Crippen LogP contribution is -2.41. The Morgan fingerprint density at radius 2 is 2.10 bits per heavy atom. The number of carbonyl (C=O) groups is 2. The zero-order chi connectivity index (χ0) is 15.3. The minimum absolute atomic E-state index is 0.0994. The number of nitrogens with one attached hydrogen (secondary N) is 1. The van der Waals surface area contributed by atoms with Crippen molar-refractivity contribution in [3.8, 4) is 0 Å². The molecule has 2 N–H and O–H groups in total. The molecular weight excluding hydrogens is 348 g/mol. The van der Waals surface area contributed by atoms with Crippen molar-refractivity contribution < 1.29 is 14.7 Å². The highest BCUT2D eigenvalue weighted by Gasteiger charge is 2.18. The molecule has 20 heavy (non-hydrogen) atoms. The normalized spacial score (nSPS) is 10.4. The third-order valence-corrected chi connectivity index (χ3v) is 3.44. The zero-order valence-corrected chi connectivity index (χ0v) is 13.5. The van der Waals surface area contributed by atoms with Crippen LogP contribution in [0.2, 0.25) is 5.02 Å². The molecule has 0 bridgehead atoms. The number of anilines is 1. The number of urea groups is 1. The van der Waals surface area contributed by atoms with E-state index in [1.54, 1.807) is 18.2 Å². The maximum Gasteiger partial charge on any atom is 0.322 e. The predicted octanol–water partition coefficient (Wildman–Crippen LogP) is 3.82. The largest absolute Gasteiger partial charge is 0.481 e. The number of nitrogens with zero attached hydrogens (tertiary/aromatic N) is 1. The predicted molar refractivity (Wildman–Crippen MR) is 82.3 cm³/mol. The monoisotopic (exact) mass is 362 g/mol. The Bertz CT molecular complexity index is 508. The number of amides is 2. The van der Waals surface area contributed by atoms with Gasteiger partial charge >= 0.3 is 12.0 Å². The molecule has 0 aliphatic heterocycles. The third kappa shape index (κ3) is 5.02. The molecule has 0 aliphatic carbocycles. The summed E-state index contributed by atoms with van der Waals surface area (Å²) >= 11 is 9.30. The topological polar surface area (TPSA) is 69.6 Å². The van der Waals surface area contributed by atoms with Crippen LogP contribution in [0.1, 0.15) is 20.3 Å². The average molecular weight is 364 g/mol. The number of hydrogen-bond donors (Lipinski definition) is 2. The van der Waals surface area contributed by atoms with Gasteiger partial charge in [-0.05, 0) is 32.0 Å². The lowest BCUT2D eigenvalue weighted by atomic mass is 10.3. The molecule has 1 aromatic carbocycles. The van der Waals surface area contributed by atoms with Crippen LogP contribution in [0, 0.1) is 0 Å². The number of carboxylic acids is 1. The third-order valence-electron chi connectivity index (χ3n) is 2.62. The summed E-state index contributed by atoms with van der Waals surface area (Å²) in [6.07, 6.45) is -0.0994. The summed E-state index contributed by atoms with van der Waals surface area (Å²) in [7, 11) is 0. The van der Waals surface area contributed by atoms with Gasteiger partial charge in [-0.1, -0.05) is 27.5 Å². The summed E-state index contributed by atoms with van der Waals surface area (Å²) in [6.45, 7) is 3.79. The standard InChI is InChI=1S/C13H16BrClN2O3/c1-8(2)17(6-5-12(18)19)13(20)16-11-7-9(14)3-4-10(11)15/h3-4,7-8H,5-6H2,1-2H3,(H,16,20)(H,18,19). The van der Waals surface area contributed by atoms with Crippen molar-refractivity contribution in [1.82, 2.24) is 4.90 Å². The van der Waals surface area contributed by atoms with Gasteiger partial charge in [-0.15, -0.1) is 0 Å². The molecule has 0 radical (unpaired) electrons. The van der Waals surface area contributed by atoms with Crippen molar-refractivity contribution in [2.75, 3.05) is 11.9 Å². The number of carboxylic acid groups (broad SMARTS) is 1. The number of hydrogen-bond acceptors (Lipinski definition) is 2. The van der Waals surface area contributed by atoms with Crippen LogP contribution in [0.15, 0.2) is 22.7 Å². The van der Waals surface area contributed by atoms with Gasteiger partial charge in [-0.2, -0.15) is 0 Å². The van der Waals surface area contributed by atoms with Crippen molar-refractivity contribution in [3.05, 3.63) is 27.7 Å². The summed E-state index contributed by atoms with van der Waals surface area (Å²) in [4.78, 5) is 24.2. The molecule has 110 valence electrons. The summed E-state index contributed by atoms with van der Waals surface area (Å²) < 4.78 is 0.791. The summed E-state index contributed by atoms with van der Waals surface area (Å²) in [6, 6.07) is 4.64. The van der Waals surface area contributed by atoms with Crippen molar-refractivity contribution >= 4 is 45.2 Å². The molecule has 1 rings (SSSR count). The minimum Gasteiger partial charge on any atom is -0.481 e. The highest BCUT2D eigenvalue weighted by Crippen LogP contribution is 2.26. The van der Waals surface area contributed by atoms with Crippen molar-refractivity contribution in [3.63, 3.8) is 0 Å². The van der Waals surface area contributed by atoms with Gasteiger partial charge in [0.1, 0.15) is 0 Å². The van der Waals surface area contributed by atoms with E-state index in [1.807, 2.05) is 13.8 Å². The Morgan fingerprint density at radius 1 is 1.45 bits per heavy atom. The first-order valence-corrected chi connectivity index (χ1v) is 7.23. The fourth-order valence-electron chi connectivity index (χ4n) is 1.59. The van der Waals surface area contributed by atoms with Crippen LogP contribution < -0.4 is 5.32 Å². The number of aliphatic carboxylic acids is 1. The second-order valence-electron chi connectivity index (χ2n) is 4.49. The van der Waals surface area contributed by atoms with E-state index >= 15 is 0 Å². The highest BCUT2D eigenvalue weighted by atomic mass is 79.9. The van der Waals surface area contributed by atoms with Crippen LogP contribution in [-0.2, 0) is 4.79 Å². The van der Waals surface area contributed by atoms with Gasteiger partial charge in [0.05, 0.1) is 17.1 Å². The molecule has 0 aromatic heterocycles. The molecule has 5 nitrogen and oxygen atoms in total. The van der Waals surface area contributed by atoms with Gasteiger partial charge in [-0.25, -0.2) is 4.79 Å². The summed E-state index contributed by atoms with van der Waals surface area (Å²) in [5.41, 5.74) is 0.479. The molecule has 0 spiro atoms. The summed E-state index contributed by atoms with van der Waals surface area (Å²) in [5, 5.41) is 11.8. The molecular formula is C13H16BrClN2O3. The van der Waals surface area contributed by atoms with Crippen molar-refractivity contribution in [1.29, 1.82) is 0 Å². The van der Waals surface area contributed by atoms with Crippen LogP contribution in [-0.4, -0.2) is 34.6 Å². The van der Waals surface area contributed by atoms with Crippen LogP contribution in [0.4, 0.5) is 10.5 Å². The maximum absolute atomic E-state index is 12.2. The highest BCUT2D eigenvalue weighted by molar-refractivity contribution is 9.10. The van der Waals surface area contributed by atoms with E-state index in [9.17, 15) is 9.59 Å². The number of halogens is 2. The second-order valence-corrected chi connectivity index (χ2v) is 5.81. The second kappa shape index (κ2) is 7.50. The number of carbonyl (C=O) groups excluding carboxylic acids is 1. The SMILES string of the molecule is CC(C)N(CCC(=O)O)C(=O)Nc1cc(Br)ccc1Cl. The van der Waals surface area contributed by atoms with Gasteiger partial charge in [0.25, 0.3) is 0 Å². The van der Waals surface area contributed by atoms with Gasteiger partial charge < -0.3 is 15.3 Å². The molecule has 0 saturated carbocycles. The molecule has 0 heterocycles. The molecule has 1 aromatic rings. The van der Waals surface area contributed by atoms with Crippen molar-refractivity contribution in [2.24, 2.45) is 0 Å². The average Bonchev–Trinajstić information content (AvgIpc) is 2.33. The van der Waals surface area contributed by atoms with Gasteiger partial charge in [-0.3, -0.25) is 4.79 Å². The fourth-order valence-corrected chi connectivity index (χ4v) is 2.12. The Hall–Kier alpha value is -1.27. The molecule has 2 amide bonds. The smallest absolute Gasteiger partial charge is 0.322 e. The first kappa shape index (κ1) is 16.8. The van der Waals surface area contributed by atoms with E-state index in [0.717, 1.165) is 4.47 Å². The van der Waals surface area contributed by atoms with Crippen LogP contribution in [0.5, 0.6) is 0 Å². The molecule has 0 saturated heterocycles. The first-order valence-electron chi connectivity index (χ1n) is 6.05. The van der Waals surface area contributed by atoms with Crippen LogP contribution in [0.25, 0.3) is 0 Å². The Kier molecular flexibility index (Phi) is 6.29. The maximum atomic E-state index is 12.2. The van der Waals surface area contributed by atoms with Crippen molar-refractivity contribution in [2.45, 2.75) is 26.3 Å². The molecule has 7 heteroatoms. The number of rotatable bonds is 5. The van der Waals surface area contributed by atoms with E-state index < -0.39 is 5.97 Å². The van der Waals surface area contributed by atoms with Gasteiger partial charge in [0.15, 0.2) is 0 Å². The van der Waals surface area contributed by atoms with Gasteiger partial charge in [0, 0.05) is 17.1 Å². The first-order chi connectivity index (χ1) is 9.31. The lowest BCUT2D eigenvalue weighted by molar-refractivity contribution is -0.137. The Morgan fingerprint density at radius 3 is 2.65 bits per heavy atom. The molecule has 0 unspecified atom stereocenters. The fraction of sp³-hybridized carbons (Fsp3) is 0.385.